The van der Waals surface area contributed by atoms with Crippen LogP contribution in [-0.2, 0) is 9.53 Å². The molecule has 1 unspecified atom stereocenters. The maximum atomic E-state index is 11.6. The van der Waals surface area contributed by atoms with Crippen molar-refractivity contribution in [2.24, 2.45) is 17.3 Å². The monoisotopic (exact) mass is 210 g/mol. The van der Waals surface area contributed by atoms with Gasteiger partial charge in [-0.1, -0.05) is 33.1 Å². The lowest BCUT2D eigenvalue weighted by Crippen LogP contribution is -2.18. The van der Waals surface area contributed by atoms with Crippen LogP contribution in [0.25, 0.3) is 0 Å². The first kappa shape index (κ1) is 11.0. The molecule has 2 rings (SSSR count). The molecule has 1 atom stereocenters. The Hall–Kier alpha value is -0.530. The van der Waals surface area contributed by atoms with Gasteiger partial charge in [0.1, 0.15) is 0 Å². The van der Waals surface area contributed by atoms with Crippen LogP contribution in [0.15, 0.2) is 0 Å². The summed E-state index contributed by atoms with van der Waals surface area (Å²) in [6.07, 6.45) is 7.51. The van der Waals surface area contributed by atoms with Crippen LogP contribution in [0.3, 0.4) is 0 Å². The normalized spacial score (nSPS) is 29.9. The quantitative estimate of drug-likeness (QED) is 0.669. The molecule has 2 saturated carbocycles. The van der Waals surface area contributed by atoms with Crippen molar-refractivity contribution in [1.82, 2.24) is 0 Å². The minimum atomic E-state index is 0.0468. The Morgan fingerprint density at radius 2 is 1.87 bits per heavy atom. The van der Waals surface area contributed by atoms with Gasteiger partial charge in [0.05, 0.1) is 12.5 Å². The van der Waals surface area contributed by atoms with Crippen LogP contribution < -0.4 is 0 Å². The van der Waals surface area contributed by atoms with Crippen molar-refractivity contribution in [3.05, 3.63) is 0 Å². The fourth-order valence-corrected chi connectivity index (χ4v) is 2.52. The summed E-state index contributed by atoms with van der Waals surface area (Å²) in [4.78, 5) is 11.6. The second-order valence-electron chi connectivity index (χ2n) is 5.88. The van der Waals surface area contributed by atoms with E-state index in [0.29, 0.717) is 12.5 Å². The third-order valence-electron chi connectivity index (χ3n) is 3.98. The predicted octanol–water partition coefficient (Wildman–Crippen LogP) is 3.16. The van der Waals surface area contributed by atoms with Crippen molar-refractivity contribution in [3.8, 4) is 0 Å². The third kappa shape index (κ3) is 2.73. The summed E-state index contributed by atoms with van der Waals surface area (Å²) in [7, 11) is 0. The minimum Gasteiger partial charge on any atom is -0.465 e. The molecule has 0 heterocycles. The SMILES string of the molecule is CC1(C)CC1C(=O)OCC1CCCCC1. The second-order valence-corrected chi connectivity index (χ2v) is 5.88. The molecular formula is C13H22O2. The van der Waals surface area contributed by atoms with Crippen LogP contribution in [0.5, 0.6) is 0 Å². The molecule has 0 radical (unpaired) electrons. The fraction of sp³-hybridized carbons (Fsp3) is 0.923. The van der Waals surface area contributed by atoms with E-state index in [9.17, 15) is 4.79 Å². The van der Waals surface area contributed by atoms with Gasteiger partial charge in [0.25, 0.3) is 0 Å². The van der Waals surface area contributed by atoms with Gasteiger partial charge in [-0.15, -0.1) is 0 Å². The molecule has 0 aromatic heterocycles. The van der Waals surface area contributed by atoms with Crippen LogP contribution in [0.1, 0.15) is 52.4 Å². The average molecular weight is 210 g/mol. The van der Waals surface area contributed by atoms with E-state index in [1.165, 1.54) is 32.1 Å². The lowest BCUT2D eigenvalue weighted by atomic mass is 9.90. The first-order valence-corrected chi connectivity index (χ1v) is 6.26. The van der Waals surface area contributed by atoms with Gasteiger partial charge < -0.3 is 4.74 Å². The Bertz CT molecular complexity index is 239. The largest absolute Gasteiger partial charge is 0.465 e. The standard InChI is InChI=1S/C13H22O2/c1-13(2)8-11(13)12(14)15-9-10-6-4-3-5-7-10/h10-11H,3-9H2,1-2H3. The Morgan fingerprint density at radius 3 is 2.40 bits per heavy atom. The Balaban J connectivity index is 1.67. The molecule has 0 saturated heterocycles. The molecule has 0 amide bonds. The number of hydrogen-bond acceptors (Lipinski definition) is 2. The van der Waals surface area contributed by atoms with E-state index in [1.54, 1.807) is 0 Å². The molecule has 0 bridgehead atoms. The van der Waals surface area contributed by atoms with Gasteiger partial charge >= 0.3 is 5.97 Å². The lowest BCUT2D eigenvalue weighted by molar-refractivity contribution is -0.147. The molecule has 0 aromatic carbocycles. The van der Waals surface area contributed by atoms with Crippen molar-refractivity contribution in [1.29, 1.82) is 0 Å². The Morgan fingerprint density at radius 1 is 1.27 bits per heavy atom. The summed E-state index contributed by atoms with van der Waals surface area (Å²) < 4.78 is 5.40. The molecule has 0 aromatic rings. The molecule has 86 valence electrons. The third-order valence-corrected chi connectivity index (χ3v) is 3.98. The van der Waals surface area contributed by atoms with E-state index in [0.717, 1.165) is 6.42 Å². The lowest BCUT2D eigenvalue weighted by Gasteiger charge is -2.21. The zero-order valence-electron chi connectivity index (χ0n) is 9.92. The van der Waals surface area contributed by atoms with E-state index in [1.807, 2.05) is 0 Å². The molecule has 2 heteroatoms. The Kier molecular flexibility index (Phi) is 3.03. The van der Waals surface area contributed by atoms with Crippen molar-refractivity contribution >= 4 is 5.97 Å². The van der Waals surface area contributed by atoms with Gasteiger partial charge in [0, 0.05) is 0 Å². The molecule has 0 spiro atoms. The van der Waals surface area contributed by atoms with Crippen molar-refractivity contribution in [2.45, 2.75) is 52.4 Å². The highest BCUT2D eigenvalue weighted by Gasteiger charge is 2.51. The summed E-state index contributed by atoms with van der Waals surface area (Å²) in [6.45, 7) is 4.95. The second kappa shape index (κ2) is 4.15. The van der Waals surface area contributed by atoms with Crippen molar-refractivity contribution < 1.29 is 9.53 Å². The van der Waals surface area contributed by atoms with Crippen LogP contribution in [0.2, 0.25) is 0 Å². The summed E-state index contributed by atoms with van der Waals surface area (Å²) in [5.74, 6) is 0.872. The maximum absolute atomic E-state index is 11.6. The molecule has 0 N–H and O–H groups in total. The van der Waals surface area contributed by atoms with E-state index >= 15 is 0 Å². The van der Waals surface area contributed by atoms with Crippen LogP contribution in [0, 0.1) is 17.3 Å². The summed E-state index contributed by atoms with van der Waals surface area (Å²) in [5.41, 5.74) is 0.212. The number of carbonyl (C=O) groups is 1. The molecule has 2 aliphatic carbocycles. The number of hydrogen-bond donors (Lipinski definition) is 0. The van der Waals surface area contributed by atoms with Gasteiger partial charge in [0.2, 0.25) is 0 Å². The Labute approximate surface area is 92.4 Å². The van der Waals surface area contributed by atoms with E-state index in [2.05, 4.69) is 13.8 Å². The first-order chi connectivity index (χ1) is 7.09. The maximum Gasteiger partial charge on any atom is 0.309 e. The molecule has 2 nitrogen and oxygen atoms in total. The topological polar surface area (TPSA) is 26.3 Å². The number of carbonyl (C=O) groups excluding carboxylic acids is 1. The molecule has 2 fully saturated rings. The van der Waals surface area contributed by atoms with Gasteiger partial charge in [-0.2, -0.15) is 0 Å². The molecular weight excluding hydrogens is 188 g/mol. The zero-order valence-corrected chi connectivity index (χ0v) is 9.92. The predicted molar refractivity (Wildman–Crippen MR) is 59.4 cm³/mol. The average Bonchev–Trinajstić information content (AvgIpc) is 2.86. The number of esters is 1. The van der Waals surface area contributed by atoms with Crippen LogP contribution >= 0.6 is 0 Å². The number of rotatable bonds is 3. The van der Waals surface area contributed by atoms with Crippen LogP contribution in [-0.4, -0.2) is 12.6 Å². The van der Waals surface area contributed by atoms with Crippen LogP contribution in [0.4, 0.5) is 0 Å². The molecule has 15 heavy (non-hydrogen) atoms. The highest BCUT2D eigenvalue weighted by Crippen LogP contribution is 2.52. The highest BCUT2D eigenvalue weighted by atomic mass is 16.5. The summed E-state index contributed by atoms with van der Waals surface area (Å²) in [5, 5.41) is 0. The van der Waals surface area contributed by atoms with Crippen molar-refractivity contribution in [3.63, 3.8) is 0 Å². The first-order valence-electron chi connectivity index (χ1n) is 6.26. The van der Waals surface area contributed by atoms with Crippen molar-refractivity contribution in [2.75, 3.05) is 6.61 Å². The van der Waals surface area contributed by atoms with E-state index < -0.39 is 0 Å². The molecule has 0 aliphatic heterocycles. The molecule has 2 aliphatic rings. The van der Waals surface area contributed by atoms with E-state index in [4.69, 9.17) is 4.74 Å². The van der Waals surface area contributed by atoms with E-state index in [-0.39, 0.29) is 17.3 Å². The summed E-state index contributed by atoms with van der Waals surface area (Å²) >= 11 is 0. The highest BCUT2D eigenvalue weighted by molar-refractivity contribution is 5.76. The van der Waals surface area contributed by atoms with Gasteiger partial charge in [-0.25, -0.2) is 0 Å². The fourth-order valence-electron chi connectivity index (χ4n) is 2.52. The smallest absolute Gasteiger partial charge is 0.309 e. The summed E-state index contributed by atoms with van der Waals surface area (Å²) in [6, 6.07) is 0. The zero-order chi connectivity index (χ0) is 10.9. The van der Waals surface area contributed by atoms with Gasteiger partial charge in [-0.3, -0.25) is 4.79 Å². The minimum absolute atomic E-state index is 0.0468. The number of ether oxygens (including phenoxy) is 1. The van der Waals surface area contributed by atoms with Gasteiger partial charge in [0.15, 0.2) is 0 Å². The van der Waals surface area contributed by atoms with Gasteiger partial charge in [-0.05, 0) is 30.6 Å².